The van der Waals surface area contributed by atoms with Gasteiger partial charge in [-0.05, 0) is 37.1 Å². The van der Waals surface area contributed by atoms with Crippen molar-refractivity contribution in [3.63, 3.8) is 0 Å². The van der Waals surface area contributed by atoms with Crippen LogP contribution in [0.1, 0.15) is 38.1 Å². The van der Waals surface area contributed by atoms with Crippen LogP contribution in [0.25, 0.3) is 11.0 Å². The van der Waals surface area contributed by atoms with Gasteiger partial charge in [0.2, 0.25) is 0 Å². The molecule has 2 aromatic carbocycles. The molecular formula is C22H23N5OS. The molecule has 2 N–H and O–H groups in total. The number of para-hydroxylation sites is 3. The van der Waals surface area contributed by atoms with Crippen LogP contribution in [0.15, 0.2) is 53.4 Å². The Labute approximate surface area is 174 Å². The highest BCUT2D eigenvalue weighted by atomic mass is 32.2. The number of hydrogen-bond acceptors (Lipinski definition) is 4. The quantitative estimate of drug-likeness (QED) is 0.562. The summed E-state index contributed by atoms with van der Waals surface area (Å²) in [7, 11) is 0. The maximum absolute atomic E-state index is 13.1. The van der Waals surface area contributed by atoms with Gasteiger partial charge in [-0.2, -0.15) is 5.26 Å². The van der Waals surface area contributed by atoms with Gasteiger partial charge in [-0.15, -0.1) is 11.8 Å². The lowest BCUT2D eigenvalue weighted by Gasteiger charge is -2.24. The van der Waals surface area contributed by atoms with E-state index in [0.29, 0.717) is 13.0 Å². The highest BCUT2D eigenvalue weighted by Crippen LogP contribution is 2.34. The van der Waals surface area contributed by atoms with Crippen molar-refractivity contribution in [3.8, 4) is 6.07 Å². The second-order valence-electron chi connectivity index (χ2n) is 7.21. The first-order valence-corrected chi connectivity index (χ1v) is 10.7. The fourth-order valence-electron chi connectivity index (χ4n) is 3.67. The van der Waals surface area contributed by atoms with E-state index in [-0.39, 0.29) is 17.3 Å². The maximum Gasteiger partial charge on any atom is 0.322 e. The second-order valence-corrected chi connectivity index (χ2v) is 8.69. The van der Waals surface area contributed by atoms with Crippen molar-refractivity contribution < 1.29 is 4.79 Å². The molecule has 0 saturated carbocycles. The molecule has 1 aliphatic heterocycles. The Bertz CT molecular complexity index is 1020. The fraction of sp³-hybridized carbons (Fsp3) is 0.318. The van der Waals surface area contributed by atoms with Gasteiger partial charge in [0, 0.05) is 23.1 Å². The minimum atomic E-state index is -0.117. The minimum absolute atomic E-state index is 0.0558. The summed E-state index contributed by atoms with van der Waals surface area (Å²) >= 11 is 1.61. The normalized spacial score (nSPS) is 17.2. The number of H-pyrrole nitrogens is 1. The molecule has 1 aromatic heterocycles. The van der Waals surface area contributed by atoms with E-state index in [2.05, 4.69) is 16.4 Å². The van der Waals surface area contributed by atoms with Crippen molar-refractivity contribution in [2.75, 3.05) is 11.9 Å². The molecule has 29 heavy (non-hydrogen) atoms. The average Bonchev–Trinajstić information content (AvgIpc) is 3.36. The second kappa shape index (κ2) is 8.58. The first-order chi connectivity index (χ1) is 14.2. The van der Waals surface area contributed by atoms with E-state index in [1.165, 1.54) is 0 Å². The summed E-state index contributed by atoms with van der Waals surface area (Å²) in [6.07, 6.45) is 2.31. The molecule has 0 bridgehead atoms. The lowest BCUT2D eigenvalue weighted by Crippen LogP contribution is -2.35. The molecule has 0 aliphatic carbocycles. The number of hydrogen-bond donors (Lipinski definition) is 2. The number of carbonyl (C=O) groups excluding carboxylic acids is 1. The van der Waals surface area contributed by atoms with Crippen LogP contribution >= 0.6 is 11.8 Å². The Morgan fingerprint density at radius 3 is 2.97 bits per heavy atom. The number of amides is 2. The molecule has 148 valence electrons. The third kappa shape index (κ3) is 4.22. The molecule has 4 rings (SSSR count). The number of aromatic amines is 1. The highest BCUT2D eigenvalue weighted by Gasteiger charge is 2.32. The summed E-state index contributed by atoms with van der Waals surface area (Å²) in [5.74, 6) is 0.837. The molecular weight excluding hydrogens is 382 g/mol. The number of imidazole rings is 1. The van der Waals surface area contributed by atoms with Gasteiger partial charge < -0.3 is 15.2 Å². The average molecular weight is 406 g/mol. The van der Waals surface area contributed by atoms with Gasteiger partial charge in [0.15, 0.2) is 0 Å². The van der Waals surface area contributed by atoms with Gasteiger partial charge in [-0.3, -0.25) is 0 Å². The number of carbonyl (C=O) groups is 1. The van der Waals surface area contributed by atoms with Crippen molar-refractivity contribution >= 4 is 34.5 Å². The van der Waals surface area contributed by atoms with Gasteiger partial charge in [-0.25, -0.2) is 9.78 Å². The van der Waals surface area contributed by atoms with E-state index in [1.54, 1.807) is 11.8 Å². The molecule has 6 nitrogen and oxygen atoms in total. The zero-order valence-electron chi connectivity index (χ0n) is 16.3. The Balaban J connectivity index is 1.51. The lowest BCUT2D eigenvalue weighted by molar-refractivity contribution is 0.205. The zero-order chi connectivity index (χ0) is 20.2. The summed E-state index contributed by atoms with van der Waals surface area (Å²) in [6.45, 7) is 2.72. The number of benzene rings is 2. The molecule has 2 atom stereocenters. The number of nitrogens with zero attached hydrogens (tertiary/aromatic N) is 3. The molecule has 1 saturated heterocycles. The van der Waals surface area contributed by atoms with E-state index in [1.807, 2.05) is 60.4 Å². The number of anilines is 1. The van der Waals surface area contributed by atoms with Gasteiger partial charge in [0.25, 0.3) is 0 Å². The molecule has 3 aromatic rings. The Morgan fingerprint density at radius 2 is 2.14 bits per heavy atom. The number of nitrogens with one attached hydrogen (secondary N) is 2. The van der Waals surface area contributed by atoms with Crippen LogP contribution in [0.2, 0.25) is 0 Å². The Morgan fingerprint density at radius 1 is 1.34 bits per heavy atom. The summed E-state index contributed by atoms with van der Waals surface area (Å²) in [5.41, 5.74) is 2.69. The number of urea groups is 1. The number of rotatable bonds is 5. The highest BCUT2D eigenvalue weighted by molar-refractivity contribution is 8.00. The molecule has 0 radical (unpaired) electrons. The van der Waals surface area contributed by atoms with Crippen LogP contribution in [0.4, 0.5) is 10.5 Å². The fourth-order valence-corrected chi connectivity index (χ4v) is 4.67. The Kier molecular flexibility index (Phi) is 5.72. The van der Waals surface area contributed by atoms with Crippen molar-refractivity contribution in [1.82, 2.24) is 14.9 Å². The van der Waals surface area contributed by atoms with Crippen LogP contribution in [0.3, 0.4) is 0 Å². The van der Waals surface area contributed by atoms with Crippen LogP contribution in [-0.4, -0.2) is 32.7 Å². The first kappa shape index (κ1) is 19.3. The SMILES string of the molecule is CC(CC#N)Sc1ccccc1NC(=O)N1CCCC1c1nc2ccccc2[nH]1. The summed E-state index contributed by atoms with van der Waals surface area (Å²) in [4.78, 5) is 24.0. The van der Waals surface area contributed by atoms with Gasteiger partial charge >= 0.3 is 6.03 Å². The van der Waals surface area contributed by atoms with Gasteiger partial charge in [-0.1, -0.05) is 31.2 Å². The molecule has 2 heterocycles. The predicted octanol–water partition coefficient (Wildman–Crippen LogP) is 5.33. The van der Waals surface area contributed by atoms with Crippen LogP contribution < -0.4 is 5.32 Å². The van der Waals surface area contributed by atoms with E-state index >= 15 is 0 Å². The third-order valence-corrected chi connectivity index (χ3v) is 6.25. The van der Waals surface area contributed by atoms with Crippen LogP contribution in [0, 0.1) is 11.3 Å². The van der Waals surface area contributed by atoms with Crippen LogP contribution in [0.5, 0.6) is 0 Å². The molecule has 1 fully saturated rings. The standard InChI is InChI=1S/C22H23N5OS/c1-15(12-13-23)29-20-11-5-4-9-18(20)26-22(28)27-14-6-10-19(27)21-24-16-7-2-3-8-17(16)25-21/h2-5,7-9,11,15,19H,6,10,12,14H2,1H3,(H,24,25)(H,26,28). The van der Waals surface area contributed by atoms with Crippen LogP contribution in [-0.2, 0) is 0 Å². The summed E-state index contributed by atoms with van der Waals surface area (Å²) < 4.78 is 0. The minimum Gasteiger partial charge on any atom is -0.340 e. The largest absolute Gasteiger partial charge is 0.340 e. The first-order valence-electron chi connectivity index (χ1n) is 9.80. The lowest BCUT2D eigenvalue weighted by atomic mass is 10.2. The summed E-state index contributed by atoms with van der Waals surface area (Å²) in [6, 6.07) is 17.7. The smallest absolute Gasteiger partial charge is 0.322 e. The number of fused-ring (bicyclic) bond motifs is 1. The van der Waals surface area contributed by atoms with Crippen molar-refractivity contribution in [2.45, 2.75) is 42.4 Å². The molecule has 1 aliphatic rings. The van der Waals surface area contributed by atoms with Gasteiger partial charge in [0.1, 0.15) is 5.82 Å². The van der Waals surface area contributed by atoms with Gasteiger partial charge in [0.05, 0.1) is 28.8 Å². The number of thioether (sulfide) groups is 1. The Hall–Kier alpha value is -2.98. The van der Waals surface area contributed by atoms with Crippen molar-refractivity contribution in [3.05, 3.63) is 54.4 Å². The van der Waals surface area contributed by atoms with E-state index < -0.39 is 0 Å². The molecule has 2 amide bonds. The maximum atomic E-state index is 13.1. The molecule has 0 spiro atoms. The van der Waals surface area contributed by atoms with E-state index in [0.717, 1.165) is 40.3 Å². The van der Waals surface area contributed by atoms with E-state index in [9.17, 15) is 4.79 Å². The predicted molar refractivity (Wildman–Crippen MR) is 116 cm³/mol. The van der Waals surface area contributed by atoms with Crippen molar-refractivity contribution in [1.29, 1.82) is 5.26 Å². The third-order valence-electron chi connectivity index (χ3n) is 5.07. The molecule has 7 heteroatoms. The topological polar surface area (TPSA) is 84.8 Å². The van der Waals surface area contributed by atoms with E-state index in [4.69, 9.17) is 10.2 Å². The van der Waals surface area contributed by atoms with Crippen molar-refractivity contribution in [2.24, 2.45) is 0 Å². The summed E-state index contributed by atoms with van der Waals surface area (Å²) in [5, 5.41) is 12.1. The number of nitriles is 1. The molecule has 2 unspecified atom stereocenters. The zero-order valence-corrected chi connectivity index (χ0v) is 17.1. The number of likely N-dealkylation sites (tertiary alicyclic amines) is 1. The monoisotopic (exact) mass is 405 g/mol. The number of aromatic nitrogens is 2.